The van der Waals surface area contributed by atoms with Crippen LogP contribution < -0.4 is 5.32 Å². The molecule has 1 aromatic rings. The van der Waals surface area contributed by atoms with E-state index < -0.39 is 11.7 Å². The average Bonchev–Trinajstić information content (AvgIpc) is 2.35. The van der Waals surface area contributed by atoms with E-state index in [1.54, 1.807) is 0 Å². The second-order valence-electron chi connectivity index (χ2n) is 4.66. The maximum Gasteiger partial charge on any atom is 0.254 e. The molecule has 0 spiro atoms. The summed E-state index contributed by atoms with van der Waals surface area (Å²) in [7, 11) is 0. The Bertz CT molecular complexity index is 527. The number of benzene rings is 1. The molecule has 0 unspecified atom stereocenters. The Kier molecular flexibility index (Phi) is 4.53. The van der Waals surface area contributed by atoms with Gasteiger partial charge < -0.3 is 10.4 Å². The molecule has 0 bridgehead atoms. The molecular weight excluding hydrogens is 245 g/mol. The zero-order valence-corrected chi connectivity index (χ0v) is 10.6. The third kappa shape index (κ3) is 3.55. The number of rotatable bonds is 3. The van der Waals surface area contributed by atoms with Gasteiger partial charge in [0.15, 0.2) is 0 Å². The zero-order valence-electron chi connectivity index (χ0n) is 10.6. The molecule has 0 aliphatic heterocycles. The van der Waals surface area contributed by atoms with Gasteiger partial charge in [-0.25, -0.2) is 4.39 Å². The van der Waals surface area contributed by atoms with E-state index in [1.807, 2.05) is 0 Å². The van der Waals surface area contributed by atoms with Crippen LogP contribution >= 0.6 is 0 Å². The summed E-state index contributed by atoms with van der Waals surface area (Å²) in [5.74, 6) is 4.70. The lowest BCUT2D eigenvalue weighted by Crippen LogP contribution is -2.32. The molecule has 1 aliphatic rings. The second-order valence-corrected chi connectivity index (χ2v) is 4.66. The van der Waals surface area contributed by atoms with Crippen molar-refractivity contribution in [2.45, 2.75) is 19.3 Å². The minimum absolute atomic E-state index is 0.00376. The third-order valence-corrected chi connectivity index (χ3v) is 3.30. The van der Waals surface area contributed by atoms with Gasteiger partial charge >= 0.3 is 0 Å². The number of hydrogen-bond acceptors (Lipinski definition) is 2. The van der Waals surface area contributed by atoms with Crippen molar-refractivity contribution in [2.75, 3.05) is 13.2 Å². The smallest absolute Gasteiger partial charge is 0.254 e. The van der Waals surface area contributed by atoms with Crippen molar-refractivity contribution < 1.29 is 14.3 Å². The van der Waals surface area contributed by atoms with E-state index in [0.29, 0.717) is 18.0 Å². The maximum absolute atomic E-state index is 13.6. The van der Waals surface area contributed by atoms with Crippen molar-refractivity contribution in [3.05, 3.63) is 35.1 Å². The van der Waals surface area contributed by atoms with E-state index in [-0.39, 0.29) is 12.2 Å². The van der Waals surface area contributed by atoms with Gasteiger partial charge in [-0.2, -0.15) is 0 Å². The molecule has 0 atom stereocenters. The minimum atomic E-state index is -0.555. The molecule has 1 aromatic carbocycles. The second kappa shape index (κ2) is 6.35. The lowest BCUT2D eigenvalue weighted by atomic mass is 9.85. The average molecular weight is 261 g/mol. The maximum atomic E-state index is 13.6. The Morgan fingerprint density at radius 3 is 2.89 bits per heavy atom. The quantitative estimate of drug-likeness (QED) is 0.814. The van der Waals surface area contributed by atoms with Crippen molar-refractivity contribution in [3.8, 4) is 11.8 Å². The number of nitrogens with one attached hydrogen (secondary N) is 1. The normalized spacial score (nSPS) is 14.2. The molecule has 4 heteroatoms. The van der Waals surface area contributed by atoms with Crippen LogP contribution in [0, 0.1) is 23.6 Å². The fourth-order valence-electron chi connectivity index (χ4n) is 1.95. The van der Waals surface area contributed by atoms with Gasteiger partial charge in [0.2, 0.25) is 0 Å². The molecule has 0 radical (unpaired) electrons. The van der Waals surface area contributed by atoms with Crippen molar-refractivity contribution in [1.29, 1.82) is 0 Å². The van der Waals surface area contributed by atoms with E-state index in [9.17, 15) is 9.18 Å². The Morgan fingerprint density at radius 1 is 1.47 bits per heavy atom. The SMILES string of the molecule is O=C(NCC1CCC1)c1cc(C#CCO)ccc1F. The molecule has 0 aromatic heterocycles. The van der Waals surface area contributed by atoms with Gasteiger partial charge in [0.1, 0.15) is 12.4 Å². The Morgan fingerprint density at radius 2 is 2.26 bits per heavy atom. The molecule has 100 valence electrons. The summed E-state index contributed by atoms with van der Waals surface area (Å²) in [5, 5.41) is 11.4. The summed E-state index contributed by atoms with van der Waals surface area (Å²) in [6.45, 7) is 0.339. The van der Waals surface area contributed by atoms with Crippen LogP contribution in [0.3, 0.4) is 0 Å². The molecule has 1 fully saturated rings. The van der Waals surface area contributed by atoms with Gasteiger partial charge in [-0.3, -0.25) is 4.79 Å². The largest absolute Gasteiger partial charge is 0.384 e. The fourth-order valence-corrected chi connectivity index (χ4v) is 1.95. The Labute approximate surface area is 111 Å². The molecule has 1 aliphatic carbocycles. The van der Waals surface area contributed by atoms with Gasteiger partial charge in [-0.15, -0.1) is 0 Å². The molecule has 0 heterocycles. The van der Waals surface area contributed by atoms with Crippen LogP contribution in [0.15, 0.2) is 18.2 Å². The van der Waals surface area contributed by atoms with E-state index >= 15 is 0 Å². The van der Waals surface area contributed by atoms with Crippen LogP contribution in [-0.4, -0.2) is 24.2 Å². The van der Waals surface area contributed by atoms with Gasteiger partial charge in [-0.05, 0) is 37.0 Å². The minimum Gasteiger partial charge on any atom is -0.384 e. The first kappa shape index (κ1) is 13.6. The van der Waals surface area contributed by atoms with Crippen LogP contribution in [0.2, 0.25) is 0 Å². The highest BCUT2D eigenvalue weighted by Gasteiger charge is 2.19. The molecule has 2 rings (SSSR count). The molecule has 1 saturated carbocycles. The third-order valence-electron chi connectivity index (χ3n) is 3.30. The van der Waals surface area contributed by atoms with Crippen LogP contribution in [-0.2, 0) is 0 Å². The number of aliphatic hydroxyl groups excluding tert-OH is 1. The fraction of sp³-hybridized carbons (Fsp3) is 0.400. The number of amides is 1. The predicted octanol–water partition coefficient (Wildman–Crippen LogP) is 1.70. The zero-order chi connectivity index (χ0) is 13.7. The first-order chi connectivity index (χ1) is 9.20. The number of aliphatic hydroxyl groups is 1. The number of halogens is 1. The molecular formula is C15H16FNO2. The first-order valence-electron chi connectivity index (χ1n) is 6.38. The van der Waals surface area contributed by atoms with Crippen molar-refractivity contribution >= 4 is 5.91 Å². The summed E-state index contributed by atoms with van der Waals surface area (Å²) < 4.78 is 13.6. The first-order valence-corrected chi connectivity index (χ1v) is 6.38. The lowest BCUT2D eigenvalue weighted by Gasteiger charge is -2.25. The standard InChI is InChI=1S/C15H16FNO2/c16-14-7-6-11(5-2-8-18)9-13(14)15(19)17-10-12-3-1-4-12/h6-7,9,12,18H,1,3-4,8,10H2,(H,17,19). The van der Waals surface area contributed by atoms with E-state index in [4.69, 9.17) is 5.11 Å². The molecule has 1 amide bonds. The van der Waals surface area contributed by atoms with Crippen LogP contribution in [0.5, 0.6) is 0 Å². The highest BCUT2D eigenvalue weighted by Crippen LogP contribution is 2.25. The van der Waals surface area contributed by atoms with Crippen molar-refractivity contribution in [1.82, 2.24) is 5.32 Å². The van der Waals surface area contributed by atoms with Crippen LogP contribution in [0.25, 0.3) is 0 Å². The van der Waals surface area contributed by atoms with Gasteiger partial charge in [-0.1, -0.05) is 18.3 Å². The monoisotopic (exact) mass is 261 g/mol. The van der Waals surface area contributed by atoms with E-state index in [1.165, 1.54) is 24.6 Å². The summed E-state index contributed by atoms with van der Waals surface area (Å²) in [6, 6.07) is 4.12. The highest BCUT2D eigenvalue weighted by atomic mass is 19.1. The van der Waals surface area contributed by atoms with Crippen LogP contribution in [0.1, 0.15) is 35.2 Å². The number of hydrogen-bond donors (Lipinski definition) is 2. The van der Waals surface area contributed by atoms with Crippen molar-refractivity contribution in [2.24, 2.45) is 5.92 Å². The summed E-state index contributed by atoms with van der Waals surface area (Å²) in [5.41, 5.74) is 0.522. The number of carbonyl (C=O) groups is 1. The Balaban J connectivity index is 2.05. The molecule has 3 nitrogen and oxygen atoms in total. The lowest BCUT2D eigenvalue weighted by molar-refractivity contribution is 0.0935. The summed E-state index contributed by atoms with van der Waals surface area (Å²) in [4.78, 5) is 11.9. The Hall–Kier alpha value is -1.86. The molecule has 2 N–H and O–H groups in total. The van der Waals surface area contributed by atoms with Gasteiger partial charge in [0.05, 0.1) is 5.56 Å². The molecule has 19 heavy (non-hydrogen) atoms. The van der Waals surface area contributed by atoms with Crippen molar-refractivity contribution in [3.63, 3.8) is 0 Å². The summed E-state index contributed by atoms with van der Waals surface area (Å²) >= 11 is 0. The van der Waals surface area contributed by atoms with Crippen LogP contribution in [0.4, 0.5) is 4.39 Å². The summed E-state index contributed by atoms with van der Waals surface area (Å²) in [6.07, 6.45) is 3.47. The number of carbonyl (C=O) groups excluding carboxylic acids is 1. The topological polar surface area (TPSA) is 49.3 Å². The predicted molar refractivity (Wildman–Crippen MR) is 70.0 cm³/mol. The van der Waals surface area contributed by atoms with E-state index in [2.05, 4.69) is 17.2 Å². The molecule has 0 saturated heterocycles. The van der Waals surface area contributed by atoms with E-state index in [0.717, 1.165) is 12.8 Å². The van der Waals surface area contributed by atoms with Gasteiger partial charge in [0, 0.05) is 12.1 Å². The highest BCUT2D eigenvalue weighted by molar-refractivity contribution is 5.94. The van der Waals surface area contributed by atoms with Gasteiger partial charge in [0.25, 0.3) is 5.91 Å².